The third kappa shape index (κ3) is 6.42. The van der Waals surface area contributed by atoms with Gasteiger partial charge in [0.05, 0.1) is 12.6 Å². The normalized spacial score (nSPS) is 19.6. The number of nitrogens with one attached hydrogen (secondary N) is 2. The number of amides is 1. The molecule has 1 aromatic carbocycles. The Morgan fingerprint density at radius 3 is 2.48 bits per heavy atom. The lowest BCUT2D eigenvalue weighted by molar-refractivity contribution is -0.206. The van der Waals surface area contributed by atoms with E-state index in [0.717, 1.165) is 0 Å². The second-order valence-electron chi connectivity index (χ2n) is 7.24. The smallest absolute Gasteiger partial charge is 0.426 e. The van der Waals surface area contributed by atoms with Gasteiger partial charge < -0.3 is 20.1 Å². The van der Waals surface area contributed by atoms with Crippen LogP contribution in [0, 0.1) is 0 Å². The van der Waals surface area contributed by atoms with Crippen LogP contribution in [0.15, 0.2) is 24.3 Å². The highest BCUT2D eigenvalue weighted by atomic mass is 19.4. The molecule has 9 heteroatoms. The first-order valence-corrected chi connectivity index (χ1v) is 8.49. The van der Waals surface area contributed by atoms with Gasteiger partial charge in [-0.25, -0.2) is 0 Å². The molecule has 2 rings (SSSR count). The number of para-hydroxylation sites is 1. The van der Waals surface area contributed by atoms with Gasteiger partial charge in [0.2, 0.25) is 12.0 Å². The molecule has 0 aliphatic carbocycles. The number of esters is 1. The maximum Gasteiger partial charge on any atom is 0.426 e. The van der Waals surface area contributed by atoms with Crippen LogP contribution in [0.2, 0.25) is 0 Å². The van der Waals surface area contributed by atoms with E-state index in [1.807, 2.05) is 0 Å². The number of carbonyl (C=O) groups excluding carboxylic acids is 2. The summed E-state index contributed by atoms with van der Waals surface area (Å²) in [4.78, 5) is 23.4. The minimum atomic E-state index is -4.59. The van der Waals surface area contributed by atoms with Crippen molar-refractivity contribution in [1.29, 1.82) is 0 Å². The Kier molecular flexibility index (Phi) is 6.35. The van der Waals surface area contributed by atoms with Crippen molar-refractivity contribution in [1.82, 2.24) is 10.6 Å². The predicted octanol–water partition coefficient (Wildman–Crippen LogP) is 1.97. The Hall–Kier alpha value is -2.29. The molecule has 0 saturated heterocycles. The average molecular weight is 388 g/mol. The molecule has 6 nitrogen and oxygen atoms in total. The third-order valence-electron chi connectivity index (χ3n) is 3.73. The second kappa shape index (κ2) is 8.16. The van der Waals surface area contributed by atoms with Crippen LogP contribution in [0.3, 0.4) is 0 Å². The SMILES string of the molecule is CC(C)(C)OC(=O)CNC(=O)CN[C@@H]1Cc2ccccc2O[C@H]1C(F)(F)F. The molecule has 150 valence electrons. The fourth-order valence-electron chi connectivity index (χ4n) is 2.66. The van der Waals surface area contributed by atoms with E-state index < -0.39 is 35.8 Å². The third-order valence-corrected chi connectivity index (χ3v) is 3.73. The molecule has 1 aromatic rings. The lowest BCUT2D eigenvalue weighted by Gasteiger charge is -2.35. The quantitative estimate of drug-likeness (QED) is 0.755. The lowest BCUT2D eigenvalue weighted by Crippen LogP contribution is -2.56. The van der Waals surface area contributed by atoms with Gasteiger partial charge in [0.15, 0.2) is 0 Å². The minimum absolute atomic E-state index is 0.0691. The molecular formula is C18H23F3N2O4. The number of carbonyl (C=O) groups is 2. The van der Waals surface area contributed by atoms with Gasteiger partial charge >= 0.3 is 12.1 Å². The molecule has 2 atom stereocenters. The maximum absolute atomic E-state index is 13.3. The Morgan fingerprint density at radius 1 is 1.19 bits per heavy atom. The number of fused-ring (bicyclic) bond motifs is 1. The summed E-state index contributed by atoms with van der Waals surface area (Å²) in [7, 11) is 0. The van der Waals surface area contributed by atoms with Gasteiger partial charge in [0.25, 0.3) is 0 Å². The molecule has 1 aliphatic heterocycles. The van der Waals surface area contributed by atoms with Crippen LogP contribution in [0.4, 0.5) is 13.2 Å². The number of halogens is 3. The summed E-state index contributed by atoms with van der Waals surface area (Å²) < 4.78 is 50.0. The van der Waals surface area contributed by atoms with Crippen molar-refractivity contribution in [3.05, 3.63) is 29.8 Å². The standard InChI is InChI=1S/C18H23F3N2O4/c1-17(2,3)27-15(25)10-23-14(24)9-22-12-8-11-6-4-5-7-13(11)26-16(12)18(19,20)21/h4-7,12,16,22H,8-10H2,1-3H3,(H,23,24)/t12-,16-/m1/s1. The van der Waals surface area contributed by atoms with E-state index >= 15 is 0 Å². The Labute approximate surface area is 155 Å². The average Bonchev–Trinajstić information content (AvgIpc) is 2.55. The van der Waals surface area contributed by atoms with Crippen LogP contribution in [0.25, 0.3) is 0 Å². The number of rotatable bonds is 5. The molecule has 0 spiro atoms. The summed E-state index contributed by atoms with van der Waals surface area (Å²) in [6.07, 6.45) is -6.58. The molecule has 0 unspecified atom stereocenters. The maximum atomic E-state index is 13.3. The fourth-order valence-corrected chi connectivity index (χ4v) is 2.66. The topological polar surface area (TPSA) is 76.7 Å². The largest absolute Gasteiger partial charge is 0.479 e. The monoisotopic (exact) mass is 388 g/mol. The molecule has 0 aromatic heterocycles. The highest BCUT2D eigenvalue weighted by molar-refractivity contribution is 5.83. The molecule has 1 aliphatic rings. The molecule has 27 heavy (non-hydrogen) atoms. The van der Waals surface area contributed by atoms with E-state index in [1.54, 1.807) is 39.0 Å². The van der Waals surface area contributed by atoms with Crippen molar-refractivity contribution in [3.8, 4) is 5.75 Å². The van der Waals surface area contributed by atoms with Crippen molar-refractivity contribution in [2.45, 2.75) is 51.1 Å². The highest BCUT2D eigenvalue weighted by Gasteiger charge is 2.49. The van der Waals surface area contributed by atoms with Crippen molar-refractivity contribution in [3.63, 3.8) is 0 Å². The van der Waals surface area contributed by atoms with Gasteiger partial charge in [-0.05, 0) is 38.8 Å². The summed E-state index contributed by atoms with van der Waals surface area (Å²) in [5.74, 6) is -1.05. The van der Waals surface area contributed by atoms with Crippen molar-refractivity contribution >= 4 is 11.9 Å². The molecular weight excluding hydrogens is 365 g/mol. The van der Waals surface area contributed by atoms with Gasteiger partial charge in [-0.3, -0.25) is 9.59 Å². The van der Waals surface area contributed by atoms with Gasteiger partial charge in [-0.1, -0.05) is 18.2 Å². The van der Waals surface area contributed by atoms with Gasteiger partial charge in [0, 0.05) is 0 Å². The van der Waals surface area contributed by atoms with E-state index in [9.17, 15) is 22.8 Å². The van der Waals surface area contributed by atoms with E-state index in [0.29, 0.717) is 5.56 Å². The van der Waals surface area contributed by atoms with Gasteiger partial charge in [-0.15, -0.1) is 0 Å². The van der Waals surface area contributed by atoms with Gasteiger partial charge in [-0.2, -0.15) is 13.2 Å². The number of hydrogen-bond acceptors (Lipinski definition) is 5. The fraction of sp³-hybridized carbons (Fsp3) is 0.556. The Bertz CT molecular complexity index is 686. The van der Waals surface area contributed by atoms with Crippen LogP contribution >= 0.6 is 0 Å². The zero-order chi connectivity index (χ0) is 20.2. The zero-order valence-corrected chi connectivity index (χ0v) is 15.4. The predicted molar refractivity (Wildman–Crippen MR) is 91.3 cm³/mol. The highest BCUT2D eigenvalue weighted by Crippen LogP contribution is 2.34. The summed E-state index contributed by atoms with van der Waals surface area (Å²) in [6.45, 7) is 4.32. The van der Waals surface area contributed by atoms with E-state index in [-0.39, 0.29) is 25.3 Å². The van der Waals surface area contributed by atoms with Crippen molar-refractivity contribution in [2.75, 3.05) is 13.1 Å². The van der Waals surface area contributed by atoms with Crippen LogP contribution in [-0.4, -0.2) is 48.9 Å². The van der Waals surface area contributed by atoms with Gasteiger partial charge in [0.1, 0.15) is 17.9 Å². The van der Waals surface area contributed by atoms with Crippen LogP contribution in [0.1, 0.15) is 26.3 Å². The van der Waals surface area contributed by atoms with E-state index in [1.165, 1.54) is 6.07 Å². The molecule has 0 radical (unpaired) electrons. The second-order valence-corrected chi connectivity index (χ2v) is 7.24. The molecule has 0 bridgehead atoms. The number of benzene rings is 1. The first kappa shape index (κ1) is 21.0. The molecule has 2 N–H and O–H groups in total. The number of ether oxygens (including phenoxy) is 2. The Morgan fingerprint density at radius 2 is 1.85 bits per heavy atom. The zero-order valence-electron chi connectivity index (χ0n) is 15.4. The summed E-state index contributed by atoms with van der Waals surface area (Å²) in [5, 5.41) is 4.90. The first-order valence-electron chi connectivity index (χ1n) is 8.49. The van der Waals surface area contributed by atoms with Crippen LogP contribution in [-0.2, 0) is 20.7 Å². The lowest BCUT2D eigenvalue weighted by atomic mass is 9.96. The van der Waals surface area contributed by atoms with Crippen LogP contribution < -0.4 is 15.4 Å². The Balaban J connectivity index is 1.91. The van der Waals surface area contributed by atoms with E-state index in [2.05, 4.69) is 10.6 Å². The summed E-state index contributed by atoms with van der Waals surface area (Å²) in [6, 6.07) is 5.36. The first-order chi connectivity index (χ1) is 12.5. The number of hydrogen-bond donors (Lipinski definition) is 2. The molecule has 0 saturated carbocycles. The van der Waals surface area contributed by atoms with Crippen molar-refractivity contribution in [2.24, 2.45) is 0 Å². The van der Waals surface area contributed by atoms with Crippen molar-refractivity contribution < 1.29 is 32.2 Å². The summed E-state index contributed by atoms with van der Waals surface area (Å²) in [5.41, 5.74) is -0.0584. The van der Waals surface area contributed by atoms with E-state index in [4.69, 9.17) is 9.47 Å². The summed E-state index contributed by atoms with van der Waals surface area (Å²) >= 11 is 0. The minimum Gasteiger partial charge on any atom is -0.479 e. The van der Waals surface area contributed by atoms with Crippen LogP contribution in [0.5, 0.6) is 5.75 Å². The number of alkyl halides is 3. The molecule has 1 heterocycles. The molecule has 0 fully saturated rings. The molecule has 1 amide bonds.